The van der Waals surface area contributed by atoms with Crippen molar-refractivity contribution in [1.29, 1.82) is 0 Å². The molecule has 0 fully saturated rings. The molecule has 0 saturated carbocycles. The zero-order valence-electron chi connectivity index (χ0n) is 10.1. The smallest absolute Gasteiger partial charge is 0.0681 e. The van der Waals surface area contributed by atoms with Crippen LogP contribution in [0, 0.1) is 0 Å². The highest BCUT2D eigenvalue weighted by Crippen LogP contribution is 2.04. The molecule has 4 nitrogen and oxygen atoms in total. The van der Waals surface area contributed by atoms with Gasteiger partial charge in [-0.05, 0) is 35.4 Å². The van der Waals surface area contributed by atoms with E-state index in [9.17, 15) is 0 Å². The molecule has 2 rings (SSSR count). The Morgan fingerprint density at radius 3 is 1.11 bits per heavy atom. The summed E-state index contributed by atoms with van der Waals surface area (Å²) >= 11 is 0. The minimum atomic E-state index is 0.0836. The van der Waals surface area contributed by atoms with E-state index < -0.39 is 0 Å². The van der Waals surface area contributed by atoms with Crippen molar-refractivity contribution in [1.82, 2.24) is 0 Å². The van der Waals surface area contributed by atoms with Crippen molar-refractivity contribution < 1.29 is 10.2 Å². The van der Waals surface area contributed by atoms with Crippen molar-refractivity contribution in [2.45, 2.75) is 13.2 Å². The van der Waals surface area contributed by atoms with E-state index in [1.165, 1.54) is 0 Å². The Balaban J connectivity index is 0.000000180. The van der Waals surface area contributed by atoms with Crippen LogP contribution >= 0.6 is 0 Å². The van der Waals surface area contributed by atoms with Crippen LogP contribution < -0.4 is 11.5 Å². The molecule has 0 atom stereocenters. The molecule has 0 saturated heterocycles. The number of hydrogen-bond donors (Lipinski definition) is 4. The first-order chi connectivity index (χ1) is 8.65. The van der Waals surface area contributed by atoms with Crippen LogP contribution in [0.4, 0.5) is 11.4 Å². The molecule has 2 aromatic rings. The molecule has 0 aliphatic heterocycles. The topological polar surface area (TPSA) is 92.5 Å². The second-order valence-electron chi connectivity index (χ2n) is 3.80. The molecule has 0 aliphatic rings. The van der Waals surface area contributed by atoms with Gasteiger partial charge in [-0.3, -0.25) is 0 Å². The average Bonchev–Trinajstić information content (AvgIpc) is 2.41. The average molecular weight is 246 g/mol. The molecular formula is C14H18N2O2. The fourth-order valence-corrected chi connectivity index (χ4v) is 1.25. The molecule has 0 radical (unpaired) electrons. The molecule has 0 amide bonds. The second-order valence-corrected chi connectivity index (χ2v) is 3.80. The van der Waals surface area contributed by atoms with E-state index in [0.717, 1.165) is 22.5 Å². The van der Waals surface area contributed by atoms with Crippen molar-refractivity contribution >= 4 is 11.4 Å². The van der Waals surface area contributed by atoms with Gasteiger partial charge >= 0.3 is 0 Å². The Kier molecular flexibility index (Phi) is 5.70. The number of aliphatic hydroxyl groups is 2. The number of rotatable bonds is 2. The third-order valence-corrected chi connectivity index (χ3v) is 2.32. The minimum Gasteiger partial charge on any atom is -0.399 e. The summed E-state index contributed by atoms with van der Waals surface area (Å²) in [5.74, 6) is 0. The highest BCUT2D eigenvalue weighted by Gasteiger charge is 1.87. The van der Waals surface area contributed by atoms with Gasteiger partial charge in [0.25, 0.3) is 0 Å². The van der Waals surface area contributed by atoms with Gasteiger partial charge in [-0.1, -0.05) is 24.3 Å². The van der Waals surface area contributed by atoms with Gasteiger partial charge in [0.1, 0.15) is 0 Å². The van der Waals surface area contributed by atoms with Gasteiger partial charge in [0, 0.05) is 11.4 Å². The summed E-state index contributed by atoms with van der Waals surface area (Å²) in [4.78, 5) is 0. The lowest BCUT2D eigenvalue weighted by molar-refractivity contribution is 0.281. The monoisotopic (exact) mass is 246 g/mol. The summed E-state index contributed by atoms with van der Waals surface area (Å²) in [7, 11) is 0. The second kappa shape index (κ2) is 7.32. The number of anilines is 2. The highest BCUT2D eigenvalue weighted by molar-refractivity contribution is 5.39. The van der Waals surface area contributed by atoms with E-state index >= 15 is 0 Å². The van der Waals surface area contributed by atoms with E-state index in [-0.39, 0.29) is 13.2 Å². The quantitative estimate of drug-likeness (QED) is 0.604. The van der Waals surface area contributed by atoms with Crippen LogP contribution in [0.25, 0.3) is 0 Å². The maximum atomic E-state index is 8.59. The van der Waals surface area contributed by atoms with E-state index in [1.54, 1.807) is 48.5 Å². The first-order valence-electron chi connectivity index (χ1n) is 5.56. The van der Waals surface area contributed by atoms with Gasteiger partial charge in [0.2, 0.25) is 0 Å². The Bertz CT molecular complexity index is 407. The number of aliphatic hydroxyl groups excluding tert-OH is 2. The Morgan fingerprint density at radius 1 is 0.611 bits per heavy atom. The fourth-order valence-electron chi connectivity index (χ4n) is 1.25. The van der Waals surface area contributed by atoms with Gasteiger partial charge in [-0.25, -0.2) is 0 Å². The largest absolute Gasteiger partial charge is 0.399 e. The van der Waals surface area contributed by atoms with E-state index in [2.05, 4.69) is 0 Å². The lowest BCUT2D eigenvalue weighted by Crippen LogP contribution is -1.85. The lowest BCUT2D eigenvalue weighted by atomic mass is 10.2. The third kappa shape index (κ3) is 4.86. The maximum Gasteiger partial charge on any atom is 0.0681 e. The molecule has 0 spiro atoms. The highest BCUT2D eigenvalue weighted by atomic mass is 16.3. The van der Waals surface area contributed by atoms with Crippen LogP contribution in [0.3, 0.4) is 0 Å². The molecule has 0 unspecified atom stereocenters. The fraction of sp³-hybridized carbons (Fsp3) is 0.143. The van der Waals surface area contributed by atoms with Crippen molar-refractivity contribution in [3.05, 3.63) is 59.7 Å². The molecule has 2 aromatic carbocycles. The minimum absolute atomic E-state index is 0.0836. The van der Waals surface area contributed by atoms with Crippen LogP contribution in [0.1, 0.15) is 11.1 Å². The Morgan fingerprint density at radius 2 is 0.889 bits per heavy atom. The predicted octanol–water partition coefficient (Wildman–Crippen LogP) is 1.52. The van der Waals surface area contributed by atoms with Crippen molar-refractivity contribution in [2.75, 3.05) is 11.5 Å². The SMILES string of the molecule is Nc1ccc(CO)cc1.Nc1ccc(CO)cc1. The summed E-state index contributed by atoms with van der Waals surface area (Å²) in [6, 6.07) is 14.3. The molecule has 0 aromatic heterocycles. The van der Waals surface area contributed by atoms with Gasteiger partial charge in [-0.15, -0.1) is 0 Å². The van der Waals surface area contributed by atoms with Gasteiger partial charge < -0.3 is 21.7 Å². The molecular weight excluding hydrogens is 228 g/mol. The molecule has 0 heterocycles. The zero-order valence-corrected chi connectivity index (χ0v) is 10.1. The molecule has 96 valence electrons. The first-order valence-corrected chi connectivity index (χ1v) is 5.56. The number of hydrogen-bond acceptors (Lipinski definition) is 4. The van der Waals surface area contributed by atoms with Gasteiger partial charge in [-0.2, -0.15) is 0 Å². The van der Waals surface area contributed by atoms with Crippen LogP contribution in [-0.2, 0) is 13.2 Å². The van der Waals surface area contributed by atoms with Crippen LogP contribution in [0.5, 0.6) is 0 Å². The van der Waals surface area contributed by atoms with Crippen LogP contribution in [0.15, 0.2) is 48.5 Å². The molecule has 0 bridgehead atoms. The summed E-state index contributed by atoms with van der Waals surface area (Å²) in [5, 5.41) is 17.2. The van der Waals surface area contributed by atoms with E-state index in [0.29, 0.717) is 0 Å². The third-order valence-electron chi connectivity index (χ3n) is 2.32. The normalized spacial score (nSPS) is 9.44. The summed E-state index contributed by atoms with van der Waals surface area (Å²) in [6.07, 6.45) is 0. The standard InChI is InChI=1S/2C7H9NO/c2*8-7-3-1-6(5-9)2-4-7/h2*1-4,9H,5,8H2. The molecule has 0 aliphatic carbocycles. The first kappa shape index (κ1) is 14.0. The molecule has 18 heavy (non-hydrogen) atoms. The summed E-state index contributed by atoms with van der Waals surface area (Å²) in [5.41, 5.74) is 14.0. The van der Waals surface area contributed by atoms with Crippen molar-refractivity contribution in [3.8, 4) is 0 Å². The Labute approximate surface area is 106 Å². The molecule has 4 heteroatoms. The van der Waals surface area contributed by atoms with Gasteiger partial charge in [0.15, 0.2) is 0 Å². The maximum absolute atomic E-state index is 8.59. The van der Waals surface area contributed by atoms with E-state index in [4.69, 9.17) is 21.7 Å². The zero-order chi connectivity index (χ0) is 13.4. The van der Waals surface area contributed by atoms with Gasteiger partial charge in [0.05, 0.1) is 13.2 Å². The number of nitrogens with two attached hydrogens (primary N) is 2. The molecule has 6 N–H and O–H groups in total. The van der Waals surface area contributed by atoms with Crippen LogP contribution in [0.2, 0.25) is 0 Å². The predicted molar refractivity (Wildman–Crippen MR) is 73.6 cm³/mol. The number of nitrogen functional groups attached to an aromatic ring is 2. The summed E-state index contributed by atoms with van der Waals surface area (Å²) < 4.78 is 0. The van der Waals surface area contributed by atoms with Crippen molar-refractivity contribution in [2.24, 2.45) is 0 Å². The Hall–Kier alpha value is -2.04. The summed E-state index contributed by atoms with van der Waals surface area (Å²) in [6.45, 7) is 0.167. The van der Waals surface area contributed by atoms with Crippen LogP contribution in [-0.4, -0.2) is 10.2 Å². The van der Waals surface area contributed by atoms with Crippen molar-refractivity contribution in [3.63, 3.8) is 0 Å². The number of benzene rings is 2. The van der Waals surface area contributed by atoms with E-state index in [1.807, 2.05) is 0 Å². The lowest BCUT2D eigenvalue weighted by Gasteiger charge is -1.94.